The van der Waals surface area contributed by atoms with Gasteiger partial charge in [-0.2, -0.15) is 10.2 Å². The molecule has 1 aliphatic carbocycles. The molecular weight excluding hydrogens is 250 g/mol. The lowest BCUT2D eigenvalue weighted by Crippen LogP contribution is -2.18. The normalized spacial score (nSPS) is 16.1. The largest absolute Gasteiger partial charge is 0.307 e. The van der Waals surface area contributed by atoms with Gasteiger partial charge < -0.3 is 5.32 Å². The van der Waals surface area contributed by atoms with Crippen LogP contribution in [0.2, 0.25) is 0 Å². The Morgan fingerprint density at radius 2 is 2.10 bits per heavy atom. The summed E-state index contributed by atoms with van der Waals surface area (Å²) in [5.41, 5.74) is 3.65. The Hall–Kier alpha value is -1.62. The van der Waals surface area contributed by atoms with Crippen molar-refractivity contribution in [2.75, 3.05) is 0 Å². The molecule has 0 bridgehead atoms. The van der Waals surface area contributed by atoms with Crippen LogP contribution in [-0.2, 0) is 20.1 Å². The molecule has 1 fully saturated rings. The number of hydrogen-bond donors (Lipinski definition) is 1. The SMILES string of the molecule is Cc1nn(C)cc1CNCc1ccnn1C1CCCC1. The van der Waals surface area contributed by atoms with Crippen molar-refractivity contribution < 1.29 is 0 Å². The summed E-state index contributed by atoms with van der Waals surface area (Å²) in [6.07, 6.45) is 9.23. The maximum absolute atomic E-state index is 4.51. The number of aryl methyl sites for hydroxylation is 2. The van der Waals surface area contributed by atoms with Gasteiger partial charge in [-0.1, -0.05) is 12.8 Å². The summed E-state index contributed by atoms with van der Waals surface area (Å²) in [7, 11) is 1.96. The van der Waals surface area contributed by atoms with Gasteiger partial charge in [0.25, 0.3) is 0 Å². The molecule has 0 aliphatic heterocycles. The second-order valence-electron chi connectivity index (χ2n) is 5.72. The van der Waals surface area contributed by atoms with Crippen LogP contribution in [0.15, 0.2) is 18.5 Å². The Bertz CT molecular complexity index is 563. The fraction of sp³-hybridized carbons (Fsp3) is 0.600. The molecule has 5 nitrogen and oxygen atoms in total. The molecule has 0 saturated heterocycles. The van der Waals surface area contributed by atoms with Gasteiger partial charge in [0.1, 0.15) is 0 Å². The van der Waals surface area contributed by atoms with Crippen molar-refractivity contribution in [3.63, 3.8) is 0 Å². The first-order valence-corrected chi connectivity index (χ1v) is 7.46. The van der Waals surface area contributed by atoms with E-state index in [0.29, 0.717) is 6.04 Å². The molecule has 1 saturated carbocycles. The molecule has 108 valence electrons. The molecular formula is C15H23N5. The highest BCUT2D eigenvalue weighted by Gasteiger charge is 2.19. The van der Waals surface area contributed by atoms with Gasteiger partial charge in [-0.05, 0) is 25.8 Å². The van der Waals surface area contributed by atoms with E-state index in [1.54, 1.807) is 0 Å². The second kappa shape index (κ2) is 5.79. The molecule has 2 heterocycles. The molecule has 0 aromatic carbocycles. The van der Waals surface area contributed by atoms with Crippen LogP contribution in [0.3, 0.4) is 0 Å². The van der Waals surface area contributed by atoms with E-state index < -0.39 is 0 Å². The summed E-state index contributed by atoms with van der Waals surface area (Å²) in [4.78, 5) is 0. The van der Waals surface area contributed by atoms with Crippen molar-refractivity contribution in [1.82, 2.24) is 24.9 Å². The maximum atomic E-state index is 4.51. The van der Waals surface area contributed by atoms with Crippen molar-refractivity contribution in [3.8, 4) is 0 Å². The van der Waals surface area contributed by atoms with Crippen LogP contribution in [0.25, 0.3) is 0 Å². The highest BCUT2D eigenvalue weighted by Crippen LogP contribution is 2.29. The van der Waals surface area contributed by atoms with E-state index in [2.05, 4.69) is 39.4 Å². The average Bonchev–Trinajstić information content (AvgIpc) is 3.11. The lowest BCUT2D eigenvalue weighted by molar-refractivity contribution is 0.442. The van der Waals surface area contributed by atoms with Gasteiger partial charge in [0.05, 0.1) is 17.4 Å². The van der Waals surface area contributed by atoms with E-state index in [1.165, 1.54) is 36.9 Å². The number of hydrogen-bond acceptors (Lipinski definition) is 3. The standard InChI is InChI=1S/C15H23N5/c1-12-13(11-19(2)18-12)9-16-10-15-7-8-17-20(15)14-5-3-4-6-14/h7-8,11,14,16H,3-6,9-10H2,1-2H3. The van der Waals surface area contributed by atoms with E-state index in [-0.39, 0.29) is 0 Å². The predicted molar refractivity (Wildman–Crippen MR) is 78.2 cm³/mol. The first-order chi connectivity index (χ1) is 9.74. The minimum absolute atomic E-state index is 0.613. The van der Waals surface area contributed by atoms with Crippen LogP contribution in [0, 0.1) is 6.92 Å². The molecule has 2 aromatic heterocycles. The van der Waals surface area contributed by atoms with Crippen LogP contribution in [0.4, 0.5) is 0 Å². The lowest BCUT2D eigenvalue weighted by Gasteiger charge is -2.14. The first kappa shape index (κ1) is 13.4. The highest BCUT2D eigenvalue weighted by atomic mass is 15.3. The smallest absolute Gasteiger partial charge is 0.0638 e. The summed E-state index contributed by atoms with van der Waals surface area (Å²) in [6, 6.07) is 2.74. The van der Waals surface area contributed by atoms with Crippen LogP contribution >= 0.6 is 0 Å². The Morgan fingerprint density at radius 1 is 1.30 bits per heavy atom. The zero-order valence-corrected chi connectivity index (χ0v) is 12.3. The Kier molecular flexibility index (Phi) is 3.87. The molecule has 0 amide bonds. The van der Waals surface area contributed by atoms with E-state index in [9.17, 15) is 0 Å². The number of nitrogens with zero attached hydrogens (tertiary/aromatic N) is 4. The topological polar surface area (TPSA) is 47.7 Å². The zero-order valence-electron chi connectivity index (χ0n) is 12.3. The monoisotopic (exact) mass is 273 g/mol. The first-order valence-electron chi connectivity index (χ1n) is 7.46. The molecule has 1 N–H and O–H groups in total. The van der Waals surface area contributed by atoms with Crippen LogP contribution in [0.5, 0.6) is 0 Å². The molecule has 5 heteroatoms. The van der Waals surface area contributed by atoms with Crippen LogP contribution < -0.4 is 5.32 Å². The third kappa shape index (κ3) is 2.77. The van der Waals surface area contributed by atoms with Gasteiger partial charge in [0, 0.05) is 38.1 Å². The van der Waals surface area contributed by atoms with Gasteiger partial charge in [-0.25, -0.2) is 0 Å². The minimum atomic E-state index is 0.613. The summed E-state index contributed by atoms with van der Waals surface area (Å²) in [5, 5.41) is 12.4. The number of aromatic nitrogens is 4. The minimum Gasteiger partial charge on any atom is -0.307 e. The number of rotatable bonds is 5. The van der Waals surface area contributed by atoms with Crippen LogP contribution in [-0.4, -0.2) is 19.6 Å². The summed E-state index contributed by atoms with van der Waals surface area (Å²) < 4.78 is 4.09. The third-order valence-electron chi connectivity index (χ3n) is 4.16. The quantitative estimate of drug-likeness (QED) is 0.909. The molecule has 0 radical (unpaired) electrons. The molecule has 0 unspecified atom stereocenters. The van der Waals surface area contributed by atoms with Crippen molar-refractivity contribution >= 4 is 0 Å². The van der Waals surface area contributed by atoms with Crippen molar-refractivity contribution in [2.24, 2.45) is 7.05 Å². The van der Waals surface area contributed by atoms with Crippen molar-refractivity contribution in [3.05, 3.63) is 35.4 Å². The molecule has 3 rings (SSSR count). The van der Waals surface area contributed by atoms with Gasteiger partial charge >= 0.3 is 0 Å². The molecule has 2 aromatic rings. The lowest BCUT2D eigenvalue weighted by atomic mass is 10.2. The number of nitrogens with one attached hydrogen (secondary N) is 1. The molecule has 1 aliphatic rings. The fourth-order valence-electron chi connectivity index (χ4n) is 3.11. The molecule has 0 spiro atoms. The summed E-state index contributed by atoms with van der Waals surface area (Å²) in [5.74, 6) is 0. The van der Waals surface area contributed by atoms with Crippen molar-refractivity contribution in [2.45, 2.75) is 51.7 Å². The average molecular weight is 273 g/mol. The van der Waals surface area contributed by atoms with Gasteiger partial charge in [0.2, 0.25) is 0 Å². The Morgan fingerprint density at radius 3 is 2.80 bits per heavy atom. The van der Waals surface area contributed by atoms with Gasteiger partial charge in [-0.15, -0.1) is 0 Å². The second-order valence-corrected chi connectivity index (χ2v) is 5.72. The summed E-state index contributed by atoms with van der Waals surface area (Å²) >= 11 is 0. The van der Waals surface area contributed by atoms with E-state index in [4.69, 9.17) is 0 Å². The molecule has 0 atom stereocenters. The van der Waals surface area contributed by atoms with E-state index >= 15 is 0 Å². The Balaban J connectivity index is 1.59. The third-order valence-corrected chi connectivity index (χ3v) is 4.16. The molecule has 20 heavy (non-hydrogen) atoms. The van der Waals surface area contributed by atoms with Gasteiger partial charge in [-0.3, -0.25) is 9.36 Å². The van der Waals surface area contributed by atoms with Crippen LogP contribution in [0.1, 0.15) is 48.7 Å². The predicted octanol–water partition coefficient (Wildman–Crippen LogP) is 2.33. The summed E-state index contributed by atoms with van der Waals surface area (Å²) in [6.45, 7) is 3.78. The Labute approximate surface area is 120 Å². The van der Waals surface area contributed by atoms with Crippen molar-refractivity contribution in [1.29, 1.82) is 0 Å². The maximum Gasteiger partial charge on any atom is 0.0638 e. The zero-order chi connectivity index (χ0) is 13.9. The fourth-order valence-corrected chi connectivity index (χ4v) is 3.11. The van der Waals surface area contributed by atoms with E-state index in [1.807, 2.05) is 17.9 Å². The van der Waals surface area contributed by atoms with E-state index in [0.717, 1.165) is 18.8 Å². The van der Waals surface area contributed by atoms with Gasteiger partial charge in [0.15, 0.2) is 0 Å². The highest BCUT2D eigenvalue weighted by molar-refractivity contribution is 5.15.